The minimum absolute atomic E-state index is 0.739. The van der Waals surface area contributed by atoms with Crippen molar-refractivity contribution in [2.24, 2.45) is 5.73 Å². The van der Waals surface area contributed by atoms with E-state index in [0.29, 0.717) is 0 Å². The van der Waals surface area contributed by atoms with Crippen molar-refractivity contribution >= 4 is 28.4 Å². The van der Waals surface area contributed by atoms with Crippen LogP contribution in [0.15, 0.2) is 0 Å². The molecule has 0 amide bonds. The molecule has 0 aliphatic heterocycles. The van der Waals surface area contributed by atoms with Crippen molar-refractivity contribution in [1.29, 1.82) is 0 Å². The van der Waals surface area contributed by atoms with Crippen molar-refractivity contribution in [1.82, 2.24) is 0 Å². The second kappa shape index (κ2) is 5.83. The molecule has 1 unspecified atom stereocenters. The Kier molecular flexibility index (Phi) is 5.92. The van der Waals surface area contributed by atoms with Crippen molar-refractivity contribution in [2.75, 3.05) is 6.61 Å². The molecule has 4 atom stereocenters. The van der Waals surface area contributed by atoms with Crippen LogP contribution in [0.3, 0.4) is 0 Å². The van der Waals surface area contributed by atoms with E-state index >= 15 is 0 Å². The lowest BCUT2D eigenvalue weighted by Gasteiger charge is -2.19. The first kappa shape index (κ1) is 13.2. The molecule has 78 valence electrons. The highest BCUT2D eigenvalue weighted by Crippen LogP contribution is 2.05. The minimum atomic E-state index is -1.76. The Morgan fingerprint density at radius 3 is 2.15 bits per heavy atom. The zero-order valence-electron chi connectivity index (χ0n) is 6.67. The SMILES string of the molecule is N[C@H](C(=O)[C@H](O)[C@H](O)CO)C(O)I. The van der Waals surface area contributed by atoms with Gasteiger partial charge in [0.1, 0.15) is 22.4 Å². The van der Waals surface area contributed by atoms with Gasteiger partial charge in [0.15, 0.2) is 5.78 Å². The number of aliphatic hydroxyl groups is 4. The molecule has 0 heterocycles. The number of alkyl halides is 1. The van der Waals surface area contributed by atoms with E-state index in [1.54, 1.807) is 0 Å². The summed E-state index contributed by atoms with van der Waals surface area (Å²) in [6.07, 6.45) is -3.32. The molecule has 0 bridgehead atoms. The van der Waals surface area contributed by atoms with Crippen LogP contribution in [-0.4, -0.2) is 55.2 Å². The summed E-state index contributed by atoms with van der Waals surface area (Å²) < 4.78 is -1.13. The van der Waals surface area contributed by atoms with E-state index in [9.17, 15) is 4.79 Å². The highest BCUT2D eigenvalue weighted by molar-refractivity contribution is 14.1. The van der Waals surface area contributed by atoms with E-state index in [-0.39, 0.29) is 0 Å². The van der Waals surface area contributed by atoms with E-state index in [0.717, 1.165) is 0 Å². The fraction of sp³-hybridized carbons (Fsp3) is 0.833. The molecule has 0 aromatic heterocycles. The van der Waals surface area contributed by atoms with Crippen molar-refractivity contribution in [2.45, 2.75) is 22.4 Å². The van der Waals surface area contributed by atoms with Crippen molar-refractivity contribution in [3.8, 4) is 0 Å². The first-order chi connectivity index (χ1) is 5.91. The second-order valence-electron chi connectivity index (χ2n) is 2.50. The lowest BCUT2D eigenvalue weighted by Crippen LogP contribution is -2.49. The maximum absolute atomic E-state index is 11.1. The Labute approximate surface area is 88.5 Å². The molecule has 0 rings (SSSR count). The molecule has 13 heavy (non-hydrogen) atoms. The Morgan fingerprint density at radius 1 is 1.38 bits per heavy atom. The zero-order valence-corrected chi connectivity index (χ0v) is 8.83. The number of Topliss-reactive ketones (excluding diaryl/α,β-unsaturated/α-hetero) is 1. The van der Waals surface area contributed by atoms with Gasteiger partial charge in [-0.05, 0) is 22.6 Å². The summed E-state index contributed by atoms with van der Waals surface area (Å²) >= 11 is 1.51. The largest absolute Gasteiger partial charge is 0.394 e. The van der Waals surface area contributed by atoms with Gasteiger partial charge in [-0.1, -0.05) is 0 Å². The second-order valence-corrected chi connectivity index (χ2v) is 3.77. The van der Waals surface area contributed by atoms with Gasteiger partial charge in [-0.15, -0.1) is 0 Å². The van der Waals surface area contributed by atoms with Crippen LogP contribution in [0.25, 0.3) is 0 Å². The van der Waals surface area contributed by atoms with Gasteiger partial charge in [-0.25, -0.2) is 0 Å². The Bertz CT molecular complexity index is 176. The van der Waals surface area contributed by atoms with Crippen molar-refractivity contribution < 1.29 is 25.2 Å². The number of aliphatic hydroxyl groups excluding tert-OH is 4. The molecule has 0 aromatic rings. The maximum atomic E-state index is 11.1. The normalized spacial score (nSPS) is 20.5. The molecule has 0 aromatic carbocycles. The maximum Gasteiger partial charge on any atom is 0.184 e. The van der Waals surface area contributed by atoms with Crippen LogP contribution in [-0.2, 0) is 4.79 Å². The van der Waals surface area contributed by atoms with Crippen LogP contribution in [0.2, 0.25) is 0 Å². The number of nitrogens with two attached hydrogens (primary N) is 1. The van der Waals surface area contributed by atoms with Gasteiger partial charge in [-0.2, -0.15) is 0 Å². The summed E-state index contributed by atoms with van der Waals surface area (Å²) in [4.78, 5) is 11.1. The summed E-state index contributed by atoms with van der Waals surface area (Å²) in [6.45, 7) is -0.739. The van der Waals surface area contributed by atoms with E-state index in [1.807, 2.05) is 0 Å². The third kappa shape index (κ3) is 3.83. The molecule has 0 saturated heterocycles. The molecule has 0 aliphatic rings. The fourth-order valence-electron chi connectivity index (χ4n) is 0.622. The smallest absolute Gasteiger partial charge is 0.184 e. The van der Waals surface area contributed by atoms with Crippen LogP contribution in [0.1, 0.15) is 0 Å². The molecule has 0 radical (unpaired) electrons. The summed E-state index contributed by atoms with van der Waals surface area (Å²) in [7, 11) is 0. The Balaban J connectivity index is 4.25. The number of carbonyl (C=O) groups excluding carboxylic acids is 1. The Morgan fingerprint density at radius 2 is 1.85 bits per heavy atom. The summed E-state index contributed by atoms with van der Waals surface area (Å²) in [5, 5.41) is 35.2. The van der Waals surface area contributed by atoms with Gasteiger partial charge in [0, 0.05) is 0 Å². The van der Waals surface area contributed by atoms with E-state index in [1.165, 1.54) is 22.6 Å². The number of ketones is 1. The van der Waals surface area contributed by atoms with Crippen LogP contribution in [0.5, 0.6) is 0 Å². The molecule has 0 aliphatic carbocycles. The first-order valence-electron chi connectivity index (χ1n) is 3.50. The summed E-state index contributed by atoms with van der Waals surface area (Å²) in [6, 6.07) is -1.27. The molecule has 7 heteroatoms. The molecule has 0 fully saturated rings. The van der Waals surface area contributed by atoms with Crippen LogP contribution >= 0.6 is 22.6 Å². The third-order valence-electron chi connectivity index (χ3n) is 1.47. The van der Waals surface area contributed by atoms with E-state index in [2.05, 4.69) is 0 Å². The van der Waals surface area contributed by atoms with Gasteiger partial charge < -0.3 is 26.2 Å². The third-order valence-corrected chi connectivity index (χ3v) is 2.24. The average molecular weight is 305 g/mol. The quantitative estimate of drug-likeness (QED) is 0.279. The van der Waals surface area contributed by atoms with Gasteiger partial charge >= 0.3 is 0 Å². The fourth-order valence-corrected chi connectivity index (χ4v) is 0.977. The minimum Gasteiger partial charge on any atom is -0.394 e. The standard InChI is InChI=1S/C6H12INO5/c7-6(13)3(8)5(12)4(11)2(10)1-9/h2-4,6,9-11,13H,1,8H2/t2-,3-,4-,6?/m1/s1. The average Bonchev–Trinajstić information content (AvgIpc) is 2.12. The van der Waals surface area contributed by atoms with Gasteiger partial charge in [-0.3, -0.25) is 4.79 Å². The number of hydrogen-bond donors (Lipinski definition) is 5. The number of rotatable bonds is 5. The highest BCUT2D eigenvalue weighted by Gasteiger charge is 2.30. The lowest BCUT2D eigenvalue weighted by molar-refractivity contribution is -0.136. The predicted molar refractivity (Wildman–Crippen MR) is 52.1 cm³/mol. The monoisotopic (exact) mass is 305 g/mol. The molecule has 6 nitrogen and oxygen atoms in total. The first-order valence-corrected chi connectivity index (χ1v) is 4.74. The molecule has 0 saturated carbocycles. The van der Waals surface area contributed by atoms with Gasteiger partial charge in [0.25, 0.3) is 0 Å². The van der Waals surface area contributed by atoms with Crippen LogP contribution < -0.4 is 5.73 Å². The van der Waals surface area contributed by atoms with Crippen LogP contribution in [0, 0.1) is 0 Å². The predicted octanol–water partition coefficient (Wildman–Crippen LogP) is -2.65. The number of halogens is 1. The number of carbonyl (C=O) groups is 1. The Hall–Kier alpha value is 0.200. The number of hydrogen-bond acceptors (Lipinski definition) is 6. The van der Waals surface area contributed by atoms with Crippen LogP contribution in [0.4, 0.5) is 0 Å². The van der Waals surface area contributed by atoms with Crippen molar-refractivity contribution in [3.63, 3.8) is 0 Å². The molecule has 0 spiro atoms. The van der Waals surface area contributed by atoms with Crippen molar-refractivity contribution in [3.05, 3.63) is 0 Å². The van der Waals surface area contributed by atoms with E-state index < -0.39 is 34.8 Å². The molecule has 6 N–H and O–H groups in total. The lowest BCUT2D eigenvalue weighted by atomic mass is 10.0. The summed E-state index contributed by atoms with van der Waals surface area (Å²) in [5.41, 5.74) is 5.19. The molecular formula is C6H12INO5. The topological polar surface area (TPSA) is 124 Å². The van der Waals surface area contributed by atoms with Gasteiger partial charge in [0.2, 0.25) is 0 Å². The summed E-state index contributed by atoms with van der Waals surface area (Å²) in [5.74, 6) is -0.900. The molecular weight excluding hydrogens is 293 g/mol. The zero-order chi connectivity index (χ0) is 10.6. The van der Waals surface area contributed by atoms with E-state index in [4.69, 9.17) is 26.2 Å². The highest BCUT2D eigenvalue weighted by atomic mass is 127. The van der Waals surface area contributed by atoms with Gasteiger partial charge in [0.05, 0.1) is 6.61 Å².